The number of aryl methyl sites for hydroxylation is 1. The zero-order valence-electron chi connectivity index (χ0n) is 11.5. The number of fused-ring (bicyclic) bond motifs is 1. The number of hydrogen-bond donors (Lipinski definition) is 3. The monoisotopic (exact) mass is 280 g/mol. The number of hydrogen-bond acceptors (Lipinski definition) is 6. The second-order valence-corrected chi connectivity index (χ2v) is 5.80. The number of nitrogens with one attached hydrogen (secondary N) is 2. The van der Waals surface area contributed by atoms with Gasteiger partial charge in [0.1, 0.15) is 10.6 Å². The third-order valence-electron chi connectivity index (χ3n) is 2.71. The van der Waals surface area contributed by atoms with Crippen LogP contribution in [0.5, 0.6) is 0 Å². The van der Waals surface area contributed by atoms with E-state index in [9.17, 15) is 5.11 Å². The summed E-state index contributed by atoms with van der Waals surface area (Å²) in [5.41, 5.74) is 0. The Bertz CT molecular complexity index is 553. The fourth-order valence-corrected chi connectivity index (χ4v) is 2.69. The summed E-state index contributed by atoms with van der Waals surface area (Å²) >= 11 is 1.67. The van der Waals surface area contributed by atoms with Crippen LogP contribution in [0.15, 0.2) is 6.07 Å². The van der Waals surface area contributed by atoms with Gasteiger partial charge in [-0.15, -0.1) is 11.3 Å². The minimum Gasteiger partial charge on any atom is -0.393 e. The summed E-state index contributed by atoms with van der Waals surface area (Å²) in [5.74, 6) is 1.49. The average Bonchev–Trinajstić information content (AvgIpc) is 2.69. The molecule has 2 aromatic rings. The first-order valence-corrected chi connectivity index (χ1v) is 7.35. The zero-order chi connectivity index (χ0) is 13.8. The van der Waals surface area contributed by atoms with Crippen molar-refractivity contribution in [3.05, 3.63) is 10.9 Å². The van der Waals surface area contributed by atoms with Crippen molar-refractivity contribution in [3.8, 4) is 0 Å². The summed E-state index contributed by atoms with van der Waals surface area (Å²) in [6.45, 7) is 7.37. The van der Waals surface area contributed by atoms with Gasteiger partial charge in [-0.1, -0.05) is 0 Å². The minimum atomic E-state index is -0.303. The van der Waals surface area contributed by atoms with Crippen molar-refractivity contribution in [2.75, 3.05) is 23.7 Å². The molecule has 104 valence electrons. The second-order valence-electron chi connectivity index (χ2n) is 4.57. The molecule has 0 aliphatic carbocycles. The van der Waals surface area contributed by atoms with E-state index >= 15 is 0 Å². The minimum absolute atomic E-state index is 0.303. The Morgan fingerprint density at radius 1 is 1.37 bits per heavy atom. The van der Waals surface area contributed by atoms with E-state index in [1.165, 1.54) is 4.88 Å². The van der Waals surface area contributed by atoms with Gasteiger partial charge in [-0.3, -0.25) is 0 Å². The van der Waals surface area contributed by atoms with Crippen molar-refractivity contribution in [3.63, 3.8) is 0 Å². The molecule has 0 saturated heterocycles. The lowest BCUT2D eigenvalue weighted by Crippen LogP contribution is -2.12. The lowest BCUT2D eigenvalue weighted by molar-refractivity contribution is 0.188. The first-order valence-electron chi connectivity index (χ1n) is 6.54. The first kappa shape index (κ1) is 14.0. The Morgan fingerprint density at radius 3 is 2.84 bits per heavy atom. The molecule has 0 bridgehead atoms. The van der Waals surface area contributed by atoms with E-state index in [0.29, 0.717) is 18.9 Å². The number of aromatic nitrogens is 2. The topological polar surface area (TPSA) is 70.1 Å². The molecular formula is C13H20N4OS. The molecule has 5 nitrogen and oxygen atoms in total. The second kappa shape index (κ2) is 6.16. The highest BCUT2D eigenvalue weighted by molar-refractivity contribution is 7.18. The van der Waals surface area contributed by atoms with Gasteiger partial charge in [0.25, 0.3) is 0 Å². The maximum absolute atomic E-state index is 9.30. The van der Waals surface area contributed by atoms with Gasteiger partial charge < -0.3 is 15.7 Å². The van der Waals surface area contributed by atoms with Crippen LogP contribution in [0.3, 0.4) is 0 Å². The van der Waals surface area contributed by atoms with E-state index in [-0.39, 0.29) is 6.10 Å². The largest absolute Gasteiger partial charge is 0.393 e. The molecule has 0 fully saturated rings. The van der Waals surface area contributed by atoms with E-state index in [0.717, 1.165) is 22.6 Å². The maximum Gasteiger partial charge on any atom is 0.226 e. The summed E-state index contributed by atoms with van der Waals surface area (Å²) in [6, 6.07) is 2.10. The number of anilines is 2. The lowest BCUT2D eigenvalue weighted by Gasteiger charge is -2.10. The molecular weight excluding hydrogens is 260 g/mol. The summed E-state index contributed by atoms with van der Waals surface area (Å²) in [7, 11) is 0. The van der Waals surface area contributed by atoms with Crippen molar-refractivity contribution in [1.29, 1.82) is 0 Å². The Labute approximate surface area is 117 Å². The smallest absolute Gasteiger partial charge is 0.226 e. The van der Waals surface area contributed by atoms with Crippen LogP contribution in [0.2, 0.25) is 0 Å². The molecule has 0 radical (unpaired) electrons. The van der Waals surface area contributed by atoms with Gasteiger partial charge in [-0.25, -0.2) is 4.98 Å². The van der Waals surface area contributed by atoms with Crippen LogP contribution in [0.4, 0.5) is 11.8 Å². The molecule has 1 unspecified atom stereocenters. The van der Waals surface area contributed by atoms with Gasteiger partial charge in [-0.2, -0.15) is 4.98 Å². The molecule has 2 rings (SSSR count). The van der Waals surface area contributed by atoms with E-state index < -0.39 is 0 Å². The van der Waals surface area contributed by atoms with E-state index in [4.69, 9.17) is 0 Å². The van der Waals surface area contributed by atoms with Crippen molar-refractivity contribution < 1.29 is 5.11 Å². The van der Waals surface area contributed by atoms with Gasteiger partial charge in [-0.05, 0) is 33.3 Å². The molecule has 6 heteroatoms. The van der Waals surface area contributed by atoms with Gasteiger partial charge in [0.15, 0.2) is 0 Å². The summed E-state index contributed by atoms with van der Waals surface area (Å²) in [4.78, 5) is 11.2. The average molecular weight is 280 g/mol. The summed E-state index contributed by atoms with van der Waals surface area (Å²) in [6.07, 6.45) is 0.396. The summed E-state index contributed by atoms with van der Waals surface area (Å²) < 4.78 is 0. The van der Waals surface area contributed by atoms with Crippen molar-refractivity contribution in [2.45, 2.75) is 33.3 Å². The normalized spacial score (nSPS) is 12.6. The predicted molar refractivity (Wildman–Crippen MR) is 81.1 cm³/mol. The Kier molecular flexibility index (Phi) is 4.55. The van der Waals surface area contributed by atoms with Crippen molar-refractivity contribution in [2.24, 2.45) is 0 Å². The third kappa shape index (κ3) is 3.54. The van der Waals surface area contributed by atoms with Gasteiger partial charge >= 0.3 is 0 Å². The van der Waals surface area contributed by atoms with Gasteiger partial charge in [0, 0.05) is 18.0 Å². The van der Waals surface area contributed by atoms with Crippen molar-refractivity contribution >= 4 is 33.3 Å². The standard InChI is InChI=1S/C13H20N4OS/c1-4-14-13-16-11(15-6-5-8(2)18)10-7-9(3)19-12(10)17-13/h7-8,18H,4-6H2,1-3H3,(H2,14,15,16,17). The molecule has 0 aromatic carbocycles. The van der Waals surface area contributed by atoms with Crippen LogP contribution < -0.4 is 10.6 Å². The fourth-order valence-electron chi connectivity index (χ4n) is 1.81. The van der Waals surface area contributed by atoms with Crippen LogP contribution in [0.25, 0.3) is 10.2 Å². The molecule has 19 heavy (non-hydrogen) atoms. The molecule has 2 aromatic heterocycles. The number of aliphatic hydroxyl groups excluding tert-OH is 1. The Hall–Kier alpha value is -1.40. The first-order chi connectivity index (χ1) is 9.10. The van der Waals surface area contributed by atoms with Crippen LogP contribution in [0, 0.1) is 6.92 Å². The fraction of sp³-hybridized carbons (Fsp3) is 0.538. The molecule has 0 spiro atoms. The number of thiophene rings is 1. The number of aliphatic hydroxyl groups is 1. The van der Waals surface area contributed by atoms with Gasteiger partial charge in [0.2, 0.25) is 5.95 Å². The van der Waals surface area contributed by atoms with Crippen LogP contribution in [-0.2, 0) is 0 Å². The molecule has 2 heterocycles. The maximum atomic E-state index is 9.30. The molecule has 3 N–H and O–H groups in total. The highest BCUT2D eigenvalue weighted by Crippen LogP contribution is 2.29. The van der Waals surface area contributed by atoms with Crippen molar-refractivity contribution in [1.82, 2.24) is 9.97 Å². The van der Waals surface area contributed by atoms with Crippen LogP contribution in [0.1, 0.15) is 25.1 Å². The molecule has 0 saturated carbocycles. The quantitative estimate of drug-likeness (QED) is 0.759. The van der Waals surface area contributed by atoms with E-state index in [1.807, 2.05) is 6.92 Å². The number of rotatable bonds is 6. The highest BCUT2D eigenvalue weighted by Gasteiger charge is 2.10. The van der Waals surface area contributed by atoms with Crippen LogP contribution >= 0.6 is 11.3 Å². The Morgan fingerprint density at radius 2 is 2.16 bits per heavy atom. The molecule has 0 aliphatic rings. The van der Waals surface area contributed by atoms with Gasteiger partial charge in [0.05, 0.1) is 11.5 Å². The zero-order valence-corrected chi connectivity index (χ0v) is 12.3. The van der Waals surface area contributed by atoms with Crippen LogP contribution in [-0.4, -0.2) is 34.3 Å². The third-order valence-corrected chi connectivity index (χ3v) is 3.65. The molecule has 0 aliphatic heterocycles. The molecule has 1 atom stereocenters. The summed E-state index contributed by atoms with van der Waals surface area (Å²) in [5, 5.41) is 16.8. The van der Waals surface area contributed by atoms with E-state index in [2.05, 4.69) is 33.6 Å². The Balaban J connectivity index is 2.27. The number of nitrogens with zero attached hydrogens (tertiary/aromatic N) is 2. The lowest BCUT2D eigenvalue weighted by atomic mass is 10.3. The predicted octanol–water partition coefficient (Wildman–Crippen LogP) is 2.61. The highest BCUT2D eigenvalue weighted by atomic mass is 32.1. The SMILES string of the molecule is CCNc1nc(NCCC(C)O)c2cc(C)sc2n1. The van der Waals surface area contributed by atoms with E-state index in [1.54, 1.807) is 18.3 Å². The molecule has 0 amide bonds.